The molecule has 0 aliphatic heterocycles. The van der Waals surface area contributed by atoms with Crippen LogP contribution < -0.4 is 0 Å². The molecular formula is C6H12O5SSb. The van der Waals surface area contributed by atoms with Gasteiger partial charge in [-0.1, -0.05) is 12.2 Å². The molecule has 13 heavy (non-hydrogen) atoms. The van der Waals surface area contributed by atoms with E-state index in [-0.39, 0.29) is 24.4 Å². The molecule has 0 aromatic heterocycles. The van der Waals surface area contributed by atoms with Crippen LogP contribution in [0.5, 0.6) is 0 Å². The van der Waals surface area contributed by atoms with E-state index >= 15 is 0 Å². The molecule has 0 unspecified atom stereocenters. The van der Waals surface area contributed by atoms with Crippen LogP contribution in [-0.2, 0) is 0 Å². The predicted molar refractivity (Wildman–Crippen MR) is 50.5 cm³/mol. The molecular weight excluding hydrogens is 306 g/mol. The Balaban J connectivity index is 0. The largest absolute Gasteiger partial charge is 0.394 e. The third-order valence-electron chi connectivity index (χ3n) is 1.42. The van der Waals surface area contributed by atoms with Crippen LogP contribution in [0.3, 0.4) is 0 Å². The molecule has 0 saturated carbocycles. The minimum absolute atomic E-state index is 0. The monoisotopic (exact) mass is 317 g/mol. The Bertz CT molecular complexity index is 147. The smallest absolute Gasteiger partial charge is 0.113 e. The van der Waals surface area contributed by atoms with Crippen molar-refractivity contribution >= 4 is 42.0 Å². The standard InChI is InChI=1S/C6H12O5S.Sb/c7-1-3(8)5(10)6(11)4(9)2-12;/h2-11H,1H2;/t3-,4+,5-,6-;/m1./s1. The van der Waals surface area contributed by atoms with Crippen molar-refractivity contribution in [2.75, 3.05) is 6.61 Å². The quantitative estimate of drug-likeness (QED) is 0.274. The third kappa shape index (κ3) is 5.22. The van der Waals surface area contributed by atoms with Gasteiger partial charge in [-0.3, -0.25) is 0 Å². The van der Waals surface area contributed by atoms with E-state index in [1.54, 1.807) is 0 Å². The molecule has 0 aliphatic carbocycles. The topological polar surface area (TPSA) is 101 Å². The second-order valence-electron chi connectivity index (χ2n) is 2.36. The van der Waals surface area contributed by atoms with Crippen LogP contribution in [-0.4, -0.2) is 86.4 Å². The molecule has 5 N–H and O–H groups in total. The molecule has 4 atom stereocenters. The molecule has 0 saturated heterocycles. The summed E-state index contributed by atoms with van der Waals surface area (Å²) in [7, 11) is 0. The molecule has 0 rings (SSSR count). The Kier molecular flexibility index (Phi) is 10.0. The van der Waals surface area contributed by atoms with Crippen molar-refractivity contribution in [1.82, 2.24) is 0 Å². The van der Waals surface area contributed by atoms with Crippen molar-refractivity contribution in [3.63, 3.8) is 0 Å². The average Bonchev–Trinajstić information content (AvgIpc) is 2.12. The molecule has 0 aromatic carbocycles. The molecule has 5 nitrogen and oxygen atoms in total. The second kappa shape index (κ2) is 8.05. The van der Waals surface area contributed by atoms with Gasteiger partial charge in [0, 0.05) is 29.8 Å². The normalized spacial score (nSPS) is 19.5. The molecule has 0 aromatic rings. The van der Waals surface area contributed by atoms with Gasteiger partial charge in [-0.25, -0.2) is 0 Å². The van der Waals surface area contributed by atoms with E-state index in [1.807, 2.05) is 0 Å². The van der Waals surface area contributed by atoms with Gasteiger partial charge in [0.25, 0.3) is 0 Å². The van der Waals surface area contributed by atoms with Crippen molar-refractivity contribution in [2.24, 2.45) is 0 Å². The van der Waals surface area contributed by atoms with Gasteiger partial charge in [0.2, 0.25) is 0 Å². The minimum Gasteiger partial charge on any atom is -0.394 e. The summed E-state index contributed by atoms with van der Waals surface area (Å²) in [4.78, 5) is 0. The summed E-state index contributed by atoms with van der Waals surface area (Å²) in [5.41, 5.74) is 0. The first-order valence-corrected chi connectivity index (χ1v) is 3.80. The van der Waals surface area contributed by atoms with E-state index in [0.29, 0.717) is 0 Å². The number of hydrogen-bond donors (Lipinski definition) is 5. The fraction of sp³-hybridized carbons (Fsp3) is 0.833. The van der Waals surface area contributed by atoms with E-state index in [2.05, 4.69) is 12.2 Å². The van der Waals surface area contributed by atoms with Gasteiger partial charge >= 0.3 is 0 Å². The molecule has 3 radical (unpaired) electrons. The summed E-state index contributed by atoms with van der Waals surface area (Å²) in [5, 5.41) is 44.9. The molecule has 0 fully saturated rings. The van der Waals surface area contributed by atoms with Crippen LogP contribution in [0.2, 0.25) is 0 Å². The number of aliphatic hydroxyl groups excluding tert-OH is 5. The van der Waals surface area contributed by atoms with Gasteiger partial charge in [0.05, 0.1) is 6.61 Å². The molecule has 77 valence electrons. The first-order valence-electron chi connectivity index (χ1n) is 3.33. The van der Waals surface area contributed by atoms with Crippen molar-refractivity contribution in [1.29, 1.82) is 0 Å². The molecule has 7 heteroatoms. The van der Waals surface area contributed by atoms with Crippen LogP contribution in [0.4, 0.5) is 0 Å². The van der Waals surface area contributed by atoms with Crippen LogP contribution in [0.1, 0.15) is 0 Å². The van der Waals surface area contributed by atoms with Gasteiger partial charge < -0.3 is 25.5 Å². The fourth-order valence-corrected chi connectivity index (χ4v) is 0.779. The summed E-state index contributed by atoms with van der Waals surface area (Å²) < 4.78 is 0. The zero-order valence-corrected chi connectivity index (χ0v) is 10.1. The molecule has 0 aliphatic rings. The van der Waals surface area contributed by atoms with Gasteiger partial charge in [0.15, 0.2) is 0 Å². The average molecular weight is 318 g/mol. The van der Waals surface area contributed by atoms with Gasteiger partial charge in [-0.2, -0.15) is 0 Å². The van der Waals surface area contributed by atoms with Crippen molar-refractivity contribution in [3.05, 3.63) is 0 Å². The van der Waals surface area contributed by atoms with E-state index in [4.69, 9.17) is 25.5 Å². The van der Waals surface area contributed by atoms with Crippen LogP contribution in [0, 0.1) is 0 Å². The molecule has 0 spiro atoms. The number of rotatable bonds is 5. The zero-order valence-electron chi connectivity index (χ0n) is 6.69. The predicted octanol–water partition coefficient (Wildman–Crippen LogP) is -2.96. The van der Waals surface area contributed by atoms with E-state index in [9.17, 15) is 0 Å². The number of thiocarbonyl (C=S) groups is 1. The molecule has 0 amide bonds. The number of aliphatic hydroxyl groups is 5. The van der Waals surface area contributed by atoms with E-state index in [1.165, 1.54) is 0 Å². The Morgan fingerprint density at radius 1 is 1.08 bits per heavy atom. The van der Waals surface area contributed by atoms with Crippen LogP contribution >= 0.6 is 12.2 Å². The first kappa shape index (κ1) is 16.1. The summed E-state index contributed by atoms with van der Waals surface area (Å²) >= 11 is 4.30. The Morgan fingerprint density at radius 2 is 1.54 bits per heavy atom. The van der Waals surface area contributed by atoms with Gasteiger partial charge in [0.1, 0.15) is 24.4 Å². The summed E-state index contributed by atoms with van der Waals surface area (Å²) in [6.45, 7) is -0.692. The van der Waals surface area contributed by atoms with Gasteiger partial charge in [-0.15, -0.1) is 0 Å². The molecule has 0 bridgehead atoms. The van der Waals surface area contributed by atoms with E-state index in [0.717, 1.165) is 5.37 Å². The SMILES string of the molecule is OC[C@@H](O)[C@@H](O)[C@H](O)[C@@H](O)C=S.[Sb]. The Labute approximate surface area is 98.5 Å². The summed E-state index contributed by atoms with van der Waals surface area (Å²) in [6.07, 6.45) is -6.06. The first-order chi connectivity index (χ1) is 5.54. The third-order valence-corrected chi connectivity index (χ3v) is 1.70. The van der Waals surface area contributed by atoms with Crippen molar-refractivity contribution in [3.8, 4) is 0 Å². The Morgan fingerprint density at radius 3 is 1.85 bits per heavy atom. The van der Waals surface area contributed by atoms with E-state index < -0.39 is 31.0 Å². The van der Waals surface area contributed by atoms with Gasteiger partial charge in [-0.05, 0) is 0 Å². The molecule has 0 heterocycles. The maximum Gasteiger partial charge on any atom is 0.113 e. The maximum atomic E-state index is 9.02. The summed E-state index contributed by atoms with van der Waals surface area (Å²) in [5.74, 6) is 0. The summed E-state index contributed by atoms with van der Waals surface area (Å²) in [6, 6.07) is 0. The second-order valence-corrected chi connectivity index (χ2v) is 2.63. The maximum absolute atomic E-state index is 9.02. The minimum atomic E-state index is -1.61. The zero-order chi connectivity index (χ0) is 9.72. The Hall–Kier alpha value is 0.708. The van der Waals surface area contributed by atoms with Crippen LogP contribution in [0.25, 0.3) is 0 Å². The van der Waals surface area contributed by atoms with Crippen molar-refractivity contribution < 1.29 is 25.5 Å². The van der Waals surface area contributed by atoms with Crippen molar-refractivity contribution in [2.45, 2.75) is 24.4 Å². The fourth-order valence-electron chi connectivity index (χ4n) is 0.618. The van der Waals surface area contributed by atoms with Crippen LogP contribution in [0.15, 0.2) is 0 Å². The number of hydrogen-bond acceptors (Lipinski definition) is 6.